The third-order valence-corrected chi connectivity index (χ3v) is 3.28. The molecule has 1 aromatic carbocycles. The normalized spacial score (nSPS) is 10.6. The lowest BCUT2D eigenvalue weighted by Crippen LogP contribution is -1.97. The van der Waals surface area contributed by atoms with Crippen LogP contribution in [0.1, 0.15) is 5.82 Å². The van der Waals surface area contributed by atoms with Crippen molar-refractivity contribution in [1.29, 1.82) is 0 Å². The van der Waals surface area contributed by atoms with E-state index in [-0.39, 0.29) is 5.75 Å². The number of phenolic OH excluding ortho intramolecular Hbond substituents is 1. The van der Waals surface area contributed by atoms with E-state index < -0.39 is 0 Å². The van der Waals surface area contributed by atoms with Gasteiger partial charge in [-0.1, -0.05) is 0 Å². The molecule has 3 rings (SSSR count). The topological polar surface area (TPSA) is 75.9 Å². The van der Waals surface area contributed by atoms with Crippen LogP contribution >= 0.6 is 0 Å². The van der Waals surface area contributed by atoms with Crippen molar-refractivity contribution in [2.45, 2.75) is 6.92 Å². The van der Waals surface area contributed by atoms with Crippen LogP contribution < -0.4 is 5.32 Å². The number of imidazole rings is 1. The van der Waals surface area contributed by atoms with Gasteiger partial charge in [-0.3, -0.25) is 0 Å². The number of hydrogen-bond donors (Lipinski definition) is 2. The average molecular weight is 281 g/mol. The maximum Gasteiger partial charge on any atom is 0.148 e. The number of aryl methyl sites for hydroxylation is 1. The molecule has 0 saturated carbocycles. The van der Waals surface area contributed by atoms with Crippen LogP contribution in [0.4, 0.5) is 5.82 Å². The van der Waals surface area contributed by atoms with Crippen LogP contribution in [0.25, 0.3) is 16.9 Å². The second-order valence-electron chi connectivity index (χ2n) is 4.60. The lowest BCUT2D eigenvalue weighted by atomic mass is 10.1. The Morgan fingerprint density at radius 2 is 2.00 bits per heavy atom. The first-order valence-corrected chi connectivity index (χ1v) is 6.54. The fourth-order valence-corrected chi connectivity index (χ4v) is 2.15. The maximum atomic E-state index is 10.2. The van der Waals surface area contributed by atoms with Gasteiger partial charge in [0, 0.05) is 31.1 Å². The Labute approximate surface area is 122 Å². The number of benzene rings is 1. The minimum Gasteiger partial charge on any atom is -0.507 e. The van der Waals surface area contributed by atoms with E-state index in [1.165, 1.54) is 0 Å². The van der Waals surface area contributed by atoms with E-state index in [2.05, 4.69) is 20.5 Å². The predicted octanol–water partition coefficient (Wildman–Crippen LogP) is 2.39. The van der Waals surface area contributed by atoms with Crippen LogP contribution in [0, 0.1) is 6.92 Å². The van der Waals surface area contributed by atoms with Crippen molar-refractivity contribution in [2.75, 3.05) is 12.4 Å². The fraction of sp³-hybridized carbons (Fsp3) is 0.133. The standard InChI is InChI=1S/C15H15N5O/c1-10-17-7-8-20(10)11-3-4-12(14(21)9-11)13-5-6-15(16-2)19-18-13/h3-9,21H,1-2H3,(H,16,19). The van der Waals surface area contributed by atoms with Crippen LogP contribution in [0.15, 0.2) is 42.7 Å². The molecular weight excluding hydrogens is 266 g/mol. The molecule has 6 heteroatoms. The van der Waals surface area contributed by atoms with Gasteiger partial charge in [-0.15, -0.1) is 10.2 Å². The number of rotatable bonds is 3. The Kier molecular flexibility index (Phi) is 3.27. The number of nitrogens with zero attached hydrogens (tertiary/aromatic N) is 4. The molecule has 0 unspecified atom stereocenters. The summed E-state index contributed by atoms with van der Waals surface area (Å²) in [5, 5.41) is 21.3. The van der Waals surface area contributed by atoms with Crippen LogP contribution in [-0.2, 0) is 0 Å². The summed E-state index contributed by atoms with van der Waals surface area (Å²) in [5.74, 6) is 1.70. The van der Waals surface area contributed by atoms with Gasteiger partial charge in [-0.25, -0.2) is 4.98 Å². The smallest absolute Gasteiger partial charge is 0.148 e. The first-order valence-electron chi connectivity index (χ1n) is 6.54. The Hall–Kier alpha value is -2.89. The van der Waals surface area contributed by atoms with E-state index in [0.717, 1.165) is 11.5 Å². The van der Waals surface area contributed by atoms with E-state index in [4.69, 9.17) is 0 Å². The molecule has 21 heavy (non-hydrogen) atoms. The minimum atomic E-state index is 0.159. The number of aromatic nitrogens is 4. The molecule has 106 valence electrons. The van der Waals surface area contributed by atoms with Crippen LogP contribution in [0.2, 0.25) is 0 Å². The second kappa shape index (κ2) is 5.24. The summed E-state index contributed by atoms with van der Waals surface area (Å²) < 4.78 is 1.90. The molecule has 3 aromatic rings. The zero-order chi connectivity index (χ0) is 14.8. The molecule has 6 nitrogen and oxygen atoms in total. The summed E-state index contributed by atoms with van der Waals surface area (Å²) in [5.41, 5.74) is 2.12. The van der Waals surface area contributed by atoms with Gasteiger partial charge in [0.1, 0.15) is 17.4 Å². The highest BCUT2D eigenvalue weighted by Crippen LogP contribution is 2.30. The van der Waals surface area contributed by atoms with Gasteiger partial charge in [-0.05, 0) is 31.2 Å². The lowest BCUT2D eigenvalue weighted by molar-refractivity contribution is 0.476. The fourth-order valence-electron chi connectivity index (χ4n) is 2.15. The van der Waals surface area contributed by atoms with Gasteiger partial charge >= 0.3 is 0 Å². The third-order valence-electron chi connectivity index (χ3n) is 3.28. The number of phenols is 1. The van der Waals surface area contributed by atoms with Crippen LogP contribution in [0.3, 0.4) is 0 Å². The number of aromatic hydroxyl groups is 1. The van der Waals surface area contributed by atoms with Gasteiger partial charge < -0.3 is 15.0 Å². The van der Waals surface area contributed by atoms with Crippen molar-refractivity contribution in [3.8, 4) is 22.7 Å². The highest BCUT2D eigenvalue weighted by atomic mass is 16.3. The number of nitrogens with one attached hydrogen (secondary N) is 1. The van der Waals surface area contributed by atoms with Gasteiger partial charge in [0.15, 0.2) is 0 Å². The molecule has 0 aliphatic carbocycles. The van der Waals surface area contributed by atoms with Crippen molar-refractivity contribution in [2.24, 2.45) is 0 Å². The molecule has 2 heterocycles. The number of anilines is 1. The van der Waals surface area contributed by atoms with Gasteiger partial charge in [-0.2, -0.15) is 0 Å². The Balaban J connectivity index is 1.99. The van der Waals surface area contributed by atoms with E-state index in [0.29, 0.717) is 17.1 Å². The molecule has 2 N–H and O–H groups in total. The largest absolute Gasteiger partial charge is 0.507 e. The highest BCUT2D eigenvalue weighted by molar-refractivity contribution is 5.69. The first kappa shape index (κ1) is 13.1. The molecule has 0 aliphatic rings. The molecule has 0 amide bonds. The predicted molar refractivity (Wildman–Crippen MR) is 80.5 cm³/mol. The molecule has 2 aromatic heterocycles. The summed E-state index contributed by atoms with van der Waals surface area (Å²) in [6, 6.07) is 9.06. The molecule has 0 aliphatic heterocycles. The van der Waals surface area contributed by atoms with Crippen molar-refractivity contribution in [1.82, 2.24) is 19.7 Å². The number of hydrogen-bond acceptors (Lipinski definition) is 5. The lowest BCUT2D eigenvalue weighted by Gasteiger charge is -2.09. The Morgan fingerprint density at radius 1 is 1.14 bits per heavy atom. The third kappa shape index (κ3) is 2.43. The zero-order valence-corrected chi connectivity index (χ0v) is 11.8. The first-order chi connectivity index (χ1) is 10.2. The van der Waals surface area contributed by atoms with Crippen molar-refractivity contribution in [3.63, 3.8) is 0 Å². The molecular formula is C15H15N5O. The van der Waals surface area contributed by atoms with E-state index in [1.807, 2.05) is 42.0 Å². The SMILES string of the molecule is CNc1ccc(-c2ccc(-n3ccnc3C)cc2O)nn1. The van der Waals surface area contributed by atoms with Gasteiger partial charge in [0.2, 0.25) is 0 Å². The Morgan fingerprint density at radius 3 is 2.57 bits per heavy atom. The van der Waals surface area contributed by atoms with Crippen LogP contribution in [-0.4, -0.2) is 31.9 Å². The summed E-state index contributed by atoms with van der Waals surface area (Å²) in [4.78, 5) is 4.17. The minimum absolute atomic E-state index is 0.159. The summed E-state index contributed by atoms with van der Waals surface area (Å²) >= 11 is 0. The average Bonchev–Trinajstić information content (AvgIpc) is 2.93. The maximum absolute atomic E-state index is 10.2. The zero-order valence-electron chi connectivity index (χ0n) is 11.8. The van der Waals surface area contributed by atoms with E-state index in [1.54, 1.807) is 19.3 Å². The van der Waals surface area contributed by atoms with Crippen molar-refractivity contribution in [3.05, 3.63) is 48.5 Å². The molecule has 0 saturated heterocycles. The molecule has 0 atom stereocenters. The van der Waals surface area contributed by atoms with E-state index in [9.17, 15) is 5.11 Å². The molecule has 0 bridgehead atoms. The molecule has 0 spiro atoms. The Bertz CT molecular complexity index is 764. The summed E-state index contributed by atoms with van der Waals surface area (Å²) in [7, 11) is 1.78. The van der Waals surface area contributed by atoms with Gasteiger partial charge in [0.05, 0.1) is 11.4 Å². The monoisotopic (exact) mass is 281 g/mol. The summed E-state index contributed by atoms with van der Waals surface area (Å²) in [6.45, 7) is 1.91. The van der Waals surface area contributed by atoms with E-state index >= 15 is 0 Å². The second-order valence-corrected chi connectivity index (χ2v) is 4.60. The molecule has 0 fully saturated rings. The quantitative estimate of drug-likeness (QED) is 0.771. The van der Waals surface area contributed by atoms with Crippen molar-refractivity contribution < 1.29 is 5.11 Å². The van der Waals surface area contributed by atoms with Crippen molar-refractivity contribution >= 4 is 5.82 Å². The molecule has 0 radical (unpaired) electrons. The highest BCUT2D eigenvalue weighted by Gasteiger charge is 2.09. The van der Waals surface area contributed by atoms with Gasteiger partial charge in [0.25, 0.3) is 0 Å². The summed E-state index contributed by atoms with van der Waals surface area (Å²) in [6.07, 6.45) is 3.58. The van der Waals surface area contributed by atoms with Crippen LogP contribution in [0.5, 0.6) is 5.75 Å².